The maximum absolute atomic E-state index is 10.8. The molecule has 0 fully saturated rings. The minimum Gasteiger partial charge on any atom is -0.481 e. The molecular formula is C21H26O4S2. The predicted octanol–water partition coefficient (Wildman–Crippen LogP) is 6.15. The van der Waals surface area contributed by atoms with Crippen molar-refractivity contribution in [1.82, 2.24) is 0 Å². The summed E-state index contributed by atoms with van der Waals surface area (Å²) in [4.78, 5) is 24.3. The van der Waals surface area contributed by atoms with Gasteiger partial charge in [-0.25, -0.2) is 0 Å². The Morgan fingerprint density at radius 1 is 0.741 bits per heavy atom. The van der Waals surface area contributed by atoms with Gasteiger partial charge in [0.1, 0.15) is 0 Å². The first kappa shape index (κ1) is 20.1. The van der Waals surface area contributed by atoms with Gasteiger partial charge < -0.3 is 10.2 Å². The number of aliphatic carboxylic acids is 2. The van der Waals surface area contributed by atoms with Gasteiger partial charge in [0.15, 0.2) is 0 Å². The van der Waals surface area contributed by atoms with Gasteiger partial charge in [-0.15, -0.1) is 22.7 Å². The van der Waals surface area contributed by atoms with E-state index in [9.17, 15) is 9.59 Å². The predicted molar refractivity (Wildman–Crippen MR) is 110 cm³/mol. The van der Waals surface area contributed by atoms with Crippen molar-refractivity contribution >= 4 is 34.6 Å². The van der Waals surface area contributed by atoms with Crippen LogP contribution in [-0.4, -0.2) is 22.2 Å². The SMILES string of the molecule is O=C(O)CCCCCC1(CCCCCC(=O)O)c2ccsc2-c2sccc21. The topological polar surface area (TPSA) is 74.6 Å². The van der Waals surface area contributed by atoms with Crippen molar-refractivity contribution in [2.24, 2.45) is 0 Å². The number of rotatable bonds is 12. The Balaban J connectivity index is 1.70. The first-order chi connectivity index (χ1) is 13.0. The lowest BCUT2D eigenvalue weighted by Gasteiger charge is -2.31. The van der Waals surface area contributed by atoms with Crippen molar-refractivity contribution in [3.8, 4) is 9.75 Å². The highest BCUT2D eigenvalue weighted by atomic mass is 32.1. The molecule has 2 aromatic rings. The van der Waals surface area contributed by atoms with E-state index < -0.39 is 11.9 Å². The molecule has 0 amide bonds. The third-order valence-corrected chi connectivity index (χ3v) is 7.55. The van der Waals surface area contributed by atoms with Crippen molar-refractivity contribution in [2.75, 3.05) is 0 Å². The molecule has 0 bridgehead atoms. The van der Waals surface area contributed by atoms with Crippen LogP contribution in [0, 0.1) is 0 Å². The number of hydrogen-bond acceptors (Lipinski definition) is 4. The van der Waals surface area contributed by atoms with Gasteiger partial charge >= 0.3 is 11.9 Å². The van der Waals surface area contributed by atoms with Crippen LogP contribution in [0.4, 0.5) is 0 Å². The van der Waals surface area contributed by atoms with Gasteiger partial charge in [0.05, 0.1) is 0 Å². The molecule has 1 aliphatic carbocycles. The quantitative estimate of drug-likeness (QED) is 0.415. The fraction of sp³-hybridized carbons (Fsp3) is 0.524. The van der Waals surface area contributed by atoms with E-state index in [1.165, 1.54) is 20.9 Å². The number of carboxylic acid groups (broad SMARTS) is 2. The van der Waals surface area contributed by atoms with E-state index >= 15 is 0 Å². The zero-order valence-corrected chi connectivity index (χ0v) is 17.0. The highest BCUT2D eigenvalue weighted by Crippen LogP contribution is 2.57. The summed E-state index contributed by atoms with van der Waals surface area (Å²) >= 11 is 3.62. The number of carbonyl (C=O) groups is 2. The molecule has 0 aromatic carbocycles. The van der Waals surface area contributed by atoms with Gasteiger partial charge in [0, 0.05) is 28.0 Å². The van der Waals surface area contributed by atoms with Gasteiger partial charge in [-0.1, -0.05) is 25.7 Å². The van der Waals surface area contributed by atoms with Crippen LogP contribution in [0.15, 0.2) is 22.9 Å². The molecule has 0 radical (unpaired) electrons. The summed E-state index contributed by atoms with van der Waals surface area (Å²) in [5.74, 6) is -1.44. The van der Waals surface area contributed by atoms with Crippen molar-refractivity contribution in [3.05, 3.63) is 34.0 Å². The van der Waals surface area contributed by atoms with Gasteiger partial charge in [-0.3, -0.25) is 9.59 Å². The molecule has 0 spiro atoms. The molecule has 0 aliphatic heterocycles. The van der Waals surface area contributed by atoms with E-state index in [0.29, 0.717) is 0 Å². The second-order valence-electron chi connectivity index (χ2n) is 7.32. The molecule has 6 heteroatoms. The van der Waals surface area contributed by atoms with Crippen LogP contribution in [0.1, 0.15) is 75.3 Å². The van der Waals surface area contributed by atoms with Crippen LogP contribution in [0.3, 0.4) is 0 Å². The van der Waals surface area contributed by atoms with E-state index in [1.807, 2.05) is 22.7 Å². The Morgan fingerprint density at radius 3 is 1.59 bits per heavy atom. The minimum absolute atomic E-state index is 0.0249. The highest BCUT2D eigenvalue weighted by Gasteiger charge is 2.43. The van der Waals surface area contributed by atoms with Gasteiger partial charge in [-0.2, -0.15) is 0 Å². The van der Waals surface area contributed by atoms with Crippen LogP contribution >= 0.6 is 22.7 Å². The fourth-order valence-corrected chi connectivity index (χ4v) is 6.48. The monoisotopic (exact) mass is 406 g/mol. The molecule has 2 aromatic heterocycles. The smallest absolute Gasteiger partial charge is 0.303 e. The summed E-state index contributed by atoms with van der Waals surface area (Å²) in [5, 5.41) is 22.0. The molecular weight excluding hydrogens is 380 g/mol. The van der Waals surface area contributed by atoms with Gasteiger partial charge in [0.25, 0.3) is 0 Å². The van der Waals surface area contributed by atoms with Gasteiger partial charge in [-0.05, 0) is 59.7 Å². The lowest BCUT2D eigenvalue weighted by atomic mass is 9.71. The highest BCUT2D eigenvalue weighted by molar-refractivity contribution is 7.21. The molecule has 3 rings (SSSR count). The molecule has 0 saturated heterocycles. The Morgan fingerprint density at radius 2 is 1.19 bits per heavy atom. The minimum atomic E-state index is -0.718. The third-order valence-electron chi connectivity index (χ3n) is 5.56. The average Bonchev–Trinajstić information content (AvgIpc) is 3.30. The number of fused-ring (bicyclic) bond motifs is 3. The molecule has 0 saturated carbocycles. The van der Waals surface area contributed by atoms with Crippen molar-refractivity contribution < 1.29 is 19.8 Å². The number of unbranched alkanes of at least 4 members (excludes halogenated alkanes) is 4. The van der Waals surface area contributed by atoms with Crippen molar-refractivity contribution in [1.29, 1.82) is 0 Å². The molecule has 2 heterocycles. The lowest BCUT2D eigenvalue weighted by molar-refractivity contribution is -0.138. The van der Waals surface area contributed by atoms with Crippen LogP contribution in [-0.2, 0) is 15.0 Å². The maximum Gasteiger partial charge on any atom is 0.303 e. The Kier molecular flexibility index (Phi) is 6.71. The van der Waals surface area contributed by atoms with E-state index in [4.69, 9.17) is 10.2 Å². The van der Waals surface area contributed by atoms with Crippen LogP contribution in [0.2, 0.25) is 0 Å². The maximum atomic E-state index is 10.8. The Labute approximate surface area is 167 Å². The number of carboxylic acids is 2. The molecule has 0 atom stereocenters. The normalized spacial score (nSPS) is 14.1. The Hall–Kier alpha value is -1.66. The molecule has 27 heavy (non-hydrogen) atoms. The van der Waals surface area contributed by atoms with E-state index in [2.05, 4.69) is 22.9 Å². The van der Waals surface area contributed by atoms with Crippen LogP contribution < -0.4 is 0 Å². The summed E-state index contributed by atoms with van der Waals surface area (Å²) in [6, 6.07) is 4.53. The summed E-state index contributed by atoms with van der Waals surface area (Å²) in [6.45, 7) is 0. The largest absolute Gasteiger partial charge is 0.481 e. The van der Waals surface area contributed by atoms with Crippen LogP contribution in [0.25, 0.3) is 9.75 Å². The summed E-state index contributed by atoms with van der Waals surface area (Å²) in [7, 11) is 0. The summed E-state index contributed by atoms with van der Waals surface area (Å²) < 4.78 is 0. The van der Waals surface area contributed by atoms with Crippen molar-refractivity contribution in [2.45, 2.75) is 69.6 Å². The first-order valence-corrected chi connectivity index (χ1v) is 11.4. The van der Waals surface area contributed by atoms with Gasteiger partial charge in [0.2, 0.25) is 0 Å². The second kappa shape index (κ2) is 9.02. The number of thiophene rings is 2. The van der Waals surface area contributed by atoms with E-state index in [0.717, 1.165) is 51.4 Å². The average molecular weight is 407 g/mol. The number of hydrogen-bond donors (Lipinski definition) is 2. The summed E-state index contributed by atoms with van der Waals surface area (Å²) in [6.07, 6.45) is 7.95. The van der Waals surface area contributed by atoms with E-state index in [1.54, 1.807) is 0 Å². The second-order valence-corrected chi connectivity index (χ2v) is 9.15. The van der Waals surface area contributed by atoms with Crippen molar-refractivity contribution in [3.63, 3.8) is 0 Å². The third kappa shape index (κ3) is 4.43. The zero-order chi connectivity index (χ0) is 19.3. The molecule has 4 nitrogen and oxygen atoms in total. The summed E-state index contributed by atoms with van der Waals surface area (Å²) in [5.41, 5.74) is 2.90. The first-order valence-electron chi connectivity index (χ1n) is 9.64. The molecule has 2 N–H and O–H groups in total. The molecule has 0 unspecified atom stereocenters. The molecule has 1 aliphatic rings. The lowest BCUT2D eigenvalue weighted by Crippen LogP contribution is -2.24. The van der Waals surface area contributed by atoms with E-state index in [-0.39, 0.29) is 18.3 Å². The Bertz CT molecular complexity index is 723. The molecule has 146 valence electrons. The fourth-order valence-electron chi connectivity index (χ4n) is 4.29. The standard InChI is InChI=1S/C21H26O4S2/c22-17(23)7-3-1-5-11-21(12-6-2-4-8-18(24)25)15-9-13-26-19(15)20-16(21)10-14-27-20/h9-10,13-14H,1-8,11-12H2,(H,22,23)(H,24,25). The zero-order valence-electron chi connectivity index (χ0n) is 15.4. The van der Waals surface area contributed by atoms with Crippen LogP contribution in [0.5, 0.6) is 0 Å².